The Morgan fingerprint density at radius 1 is 1.25 bits per heavy atom. The number of hydrogen-bond acceptors (Lipinski definition) is 3. The molecule has 3 heteroatoms. The summed E-state index contributed by atoms with van der Waals surface area (Å²) in [6.07, 6.45) is 2.34. The van der Waals surface area contributed by atoms with Crippen molar-refractivity contribution in [2.75, 3.05) is 26.2 Å². The number of hydrogen-bond donors (Lipinski definition) is 1. The van der Waals surface area contributed by atoms with E-state index in [1.807, 2.05) is 6.07 Å². The lowest BCUT2D eigenvalue weighted by Gasteiger charge is -2.37. The summed E-state index contributed by atoms with van der Waals surface area (Å²) < 4.78 is 5.84. The molecule has 3 nitrogen and oxygen atoms in total. The van der Waals surface area contributed by atoms with Crippen LogP contribution in [0.4, 0.5) is 0 Å². The summed E-state index contributed by atoms with van der Waals surface area (Å²) in [5, 5.41) is 3.52. The van der Waals surface area contributed by atoms with Gasteiger partial charge in [-0.3, -0.25) is 4.90 Å². The fraction of sp³-hybridized carbons (Fsp3) is 0.647. The van der Waals surface area contributed by atoms with Gasteiger partial charge < -0.3 is 10.1 Å². The third-order valence-corrected chi connectivity index (χ3v) is 4.08. The highest BCUT2D eigenvalue weighted by atomic mass is 16.5. The number of rotatable bonds is 6. The van der Waals surface area contributed by atoms with E-state index < -0.39 is 0 Å². The molecule has 0 spiro atoms. The van der Waals surface area contributed by atoms with E-state index in [-0.39, 0.29) is 0 Å². The molecular weight excluding hydrogens is 248 g/mol. The van der Waals surface area contributed by atoms with Crippen molar-refractivity contribution < 1.29 is 4.74 Å². The van der Waals surface area contributed by atoms with Crippen molar-refractivity contribution in [2.24, 2.45) is 0 Å². The third kappa shape index (κ3) is 4.50. The maximum Gasteiger partial charge on any atom is 0.122 e. The maximum atomic E-state index is 5.84. The van der Waals surface area contributed by atoms with Gasteiger partial charge in [0, 0.05) is 25.2 Å². The minimum atomic E-state index is 0.620. The van der Waals surface area contributed by atoms with Crippen LogP contribution in [0.1, 0.15) is 32.3 Å². The van der Waals surface area contributed by atoms with Crippen LogP contribution in [0.2, 0.25) is 0 Å². The van der Waals surface area contributed by atoms with Crippen LogP contribution in [0.3, 0.4) is 0 Å². The second kappa shape index (κ2) is 7.65. The summed E-state index contributed by atoms with van der Waals surface area (Å²) in [6, 6.07) is 9.51. The lowest BCUT2D eigenvalue weighted by Crippen LogP contribution is -2.54. The quantitative estimate of drug-likeness (QED) is 0.809. The topological polar surface area (TPSA) is 24.5 Å². The first kappa shape index (κ1) is 15.3. The molecule has 0 amide bonds. The van der Waals surface area contributed by atoms with E-state index in [0.29, 0.717) is 12.1 Å². The molecule has 1 aromatic rings. The first-order chi connectivity index (χ1) is 9.66. The van der Waals surface area contributed by atoms with Crippen molar-refractivity contribution in [3.8, 4) is 5.75 Å². The summed E-state index contributed by atoms with van der Waals surface area (Å²) in [6.45, 7) is 11.0. The normalized spacial score (nSPS) is 23.8. The molecule has 20 heavy (non-hydrogen) atoms. The van der Waals surface area contributed by atoms with Crippen molar-refractivity contribution in [1.82, 2.24) is 10.2 Å². The Balaban J connectivity index is 1.63. The van der Waals surface area contributed by atoms with Crippen LogP contribution in [0.5, 0.6) is 5.75 Å². The van der Waals surface area contributed by atoms with E-state index in [1.54, 1.807) is 0 Å². The Bertz CT molecular complexity index is 408. The standard InChI is InChI=1S/C17H28N2O/c1-14-8-4-5-9-17(14)20-11-7-6-10-19-13-15(2)18-12-16(19)3/h4-5,8-9,15-16,18H,6-7,10-13H2,1-3H3. The lowest BCUT2D eigenvalue weighted by molar-refractivity contribution is 0.141. The summed E-state index contributed by atoms with van der Waals surface area (Å²) in [7, 11) is 0. The number of piperazine rings is 1. The largest absolute Gasteiger partial charge is 0.493 e. The van der Waals surface area contributed by atoms with Gasteiger partial charge in [0.1, 0.15) is 5.75 Å². The zero-order chi connectivity index (χ0) is 14.4. The fourth-order valence-electron chi connectivity index (χ4n) is 2.73. The summed E-state index contributed by atoms with van der Waals surface area (Å²) in [4.78, 5) is 2.59. The van der Waals surface area contributed by atoms with Gasteiger partial charge >= 0.3 is 0 Å². The van der Waals surface area contributed by atoms with Crippen molar-refractivity contribution >= 4 is 0 Å². The fourth-order valence-corrected chi connectivity index (χ4v) is 2.73. The number of unbranched alkanes of at least 4 members (excludes halogenated alkanes) is 1. The van der Waals surface area contributed by atoms with Gasteiger partial charge in [-0.25, -0.2) is 0 Å². The number of benzene rings is 1. The third-order valence-electron chi connectivity index (χ3n) is 4.08. The molecular formula is C17H28N2O. The first-order valence-corrected chi connectivity index (χ1v) is 7.82. The van der Waals surface area contributed by atoms with Crippen LogP contribution >= 0.6 is 0 Å². The number of ether oxygens (including phenoxy) is 1. The molecule has 0 bridgehead atoms. The number of nitrogens with zero attached hydrogens (tertiary/aromatic N) is 1. The van der Waals surface area contributed by atoms with Crippen LogP contribution in [-0.4, -0.2) is 43.2 Å². The van der Waals surface area contributed by atoms with Gasteiger partial charge in [-0.2, -0.15) is 0 Å². The van der Waals surface area contributed by atoms with Gasteiger partial charge in [-0.1, -0.05) is 18.2 Å². The molecule has 0 aliphatic carbocycles. The highest BCUT2D eigenvalue weighted by Crippen LogP contribution is 2.16. The second-order valence-electron chi connectivity index (χ2n) is 5.97. The average molecular weight is 276 g/mol. The van der Waals surface area contributed by atoms with Crippen LogP contribution < -0.4 is 10.1 Å². The summed E-state index contributed by atoms with van der Waals surface area (Å²) >= 11 is 0. The highest BCUT2D eigenvalue weighted by molar-refractivity contribution is 5.31. The molecule has 2 atom stereocenters. The molecule has 0 aromatic heterocycles. The Kier molecular flexibility index (Phi) is 5.86. The predicted octanol–water partition coefficient (Wildman–Crippen LogP) is 2.84. The van der Waals surface area contributed by atoms with Gasteiger partial charge in [0.15, 0.2) is 0 Å². The molecule has 1 saturated heterocycles. The van der Waals surface area contributed by atoms with Crippen LogP contribution in [0.15, 0.2) is 24.3 Å². The highest BCUT2D eigenvalue weighted by Gasteiger charge is 2.21. The number of nitrogens with one attached hydrogen (secondary N) is 1. The van der Waals surface area contributed by atoms with E-state index in [1.165, 1.54) is 25.1 Å². The Labute approximate surface area is 123 Å². The molecule has 0 radical (unpaired) electrons. The second-order valence-corrected chi connectivity index (χ2v) is 5.97. The lowest BCUT2D eigenvalue weighted by atomic mass is 10.1. The minimum Gasteiger partial charge on any atom is -0.493 e. The summed E-state index contributed by atoms with van der Waals surface area (Å²) in [5.74, 6) is 1.02. The van der Waals surface area contributed by atoms with E-state index in [2.05, 4.69) is 49.2 Å². The monoisotopic (exact) mass is 276 g/mol. The van der Waals surface area contributed by atoms with E-state index in [9.17, 15) is 0 Å². The number of para-hydroxylation sites is 1. The predicted molar refractivity (Wildman–Crippen MR) is 84.4 cm³/mol. The summed E-state index contributed by atoms with van der Waals surface area (Å²) in [5.41, 5.74) is 1.22. The van der Waals surface area contributed by atoms with Crippen molar-refractivity contribution in [1.29, 1.82) is 0 Å². The molecule has 1 aromatic carbocycles. The zero-order valence-electron chi connectivity index (χ0n) is 13.1. The van der Waals surface area contributed by atoms with E-state index in [0.717, 1.165) is 25.3 Å². The van der Waals surface area contributed by atoms with Gasteiger partial charge in [-0.05, 0) is 51.8 Å². The van der Waals surface area contributed by atoms with E-state index in [4.69, 9.17) is 4.74 Å². The molecule has 1 heterocycles. The SMILES string of the molecule is Cc1ccccc1OCCCCN1CC(C)NCC1C. The zero-order valence-corrected chi connectivity index (χ0v) is 13.1. The van der Waals surface area contributed by atoms with Gasteiger partial charge in [0.2, 0.25) is 0 Å². The molecule has 2 unspecified atom stereocenters. The average Bonchev–Trinajstić information content (AvgIpc) is 2.44. The molecule has 2 rings (SSSR count). The van der Waals surface area contributed by atoms with Crippen LogP contribution in [0, 0.1) is 6.92 Å². The van der Waals surface area contributed by atoms with Crippen molar-refractivity contribution in [3.63, 3.8) is 0 Å². The van der Waals surface area contributed by atoms with Gasteiger partial charge in [0.05, 0.1) is 6.61 Å². The molecule has 1 fully saturated rings. The molecule has 1 N–H and O–H groups in total. The molecule has 1 aliphatic heterocycles. The van der Waals surface area contributed by atoms with Crippen LogP contribution in [-0.2, 0) is 0 Å². The van der Waals surface area contributed by atoms with E-state index >= 15 is 0 Å². The minimum absolute atomic E-state index is 0.620. The maximum absolute atomic E-state index is 5.84. The first-order valence-electron chi connectivity index (χ1n) is 7.82. The Morgan fingerprint density at radius 3 is 2.85 bits per heavy atom. The van der Waals surface area contributed by atoms with Crippen molar-refractivity contribution in [2.45, 2.75) is 45.7 Å². The molecule has 112 valence electrons. The van der Waals surface area contributed by atoms with Crippen LogP contribution in [0.25, 0.3) is 0 Å². The molecule has 0 saturated carbocycles. The van der Waals surface area contributed by atoms with Gasteiger partial charge in [-0.15, -0.1) is 0 Å². The number of aryl methyl sites for hydroxylation is 1. The Morgan fingerprint density at radius 2 is 2.05 bits per heavy atom. The molecule has 1 aliphatic rings. The smallest absolute Gasteiger partial charge is 0.122 e. The van der Waals surface area contributed by atoms with Gasteiger partial charge in [0.25, 0.3) is 0 Å². The Hall–Kier alpha value is -1.06. The van der Waals surface area contributed by atoms with Crippen molar-refractivity contribution in [3.05, 3.63) is 29.8 Å².